The van der Waals surface area contributed by atoms with Crippen molar-refractivity contribution in [2.75, 3.05) is 19.6 Å². The fourth-order valence-corrected chi connectivity index (χ4v) is 7.62. The van der Waals surface area contributed by atoms with Gasteiger partial charge in [0.25, 0.3) is 0 Å². The molecule has 1 saturated heterocycles. The first-order valence-corrected chi connectivity index (χ1v) is 19.6. The summed E-state index contributed by atoms with van der Waals surface area (Å²) in [5.41, 5.74) is 0. The largest absolute Gasteiger partial charge is 0.297 e. The molecule has 0 aromatic rings. The van der Waals surface area contributed by atoms with Crippen LogP contribution in [0.3, 0.4) is 0 Å². The Morgan fingerprint density at radius 3 is 1.17 bits per heavy atom. The van der Waals surface area contributed by atoms with Crippen LogP contribution in [0.25, 0.3) is 0 Å². The molecule has 0 aromatic carbocycles. The normalized spacial score (nSPS) is 20.0. The van der Waals surface area contributed by atoms with Gasteiger partial charge in [-0.25, -0.2) is 0 Å². The van der Waals surface area contributed by atoms with Crippen molar-refractivity contribution in [2.45, 2.75) is 227 Å². The maximum Gasteiger partial charge on any atom is 0.0224 e. The molecule has 41 heavy (non-hydrogen) atoms. The maximum atomic E-state index is 3.05. The Kier molecular flexibility index (Phi) is 26.1. The highest BCUT2D eigenvalue weighted by atomic mass is 15.3. The van der Waals surface area contributed by atoms with Gasteiger partial charge in [0, 0.05) is 37.8 Å². The third kappa shape index (κ3) is 18.4. The van der Waals surface area contributed by atoms with Gasteiger partial charge in [0.1, 0.15) is 0 Å². The summed E-state index contributed by atoms with van der Waals surface area (Å²) in [5, 5.41) is 0. The zero-order valence-corrected chi connectivity index (χ0v) is 29.7. The minimum absolute atomic E-state index is 0.763. The summed E-state index contributed by atoms with van der Waals surface area (Å²) in [7, 11) is 0. The lowest BCUT2D eigenvalue weighted by atomic mass is 9.90. The van der Waals surface area contributed by atoms with Gasteiger partial charge in [0.15, 0.2) is 0 Å². The molecule has 0 aliphatic carbocycles. The van der Waals surface area contributed by atoms with Gasteiger partial charge in [-0.1, -0.05) is 170 Å². The fourth-order valence-electron chi connectivity index (χ4n) is 7.62. The summed E-state index contributed by atoms with van der Waals surface area (Å²) in [5.74, 6) is 0.917. The number of piperazine rings is 1. The van der Waals surface area contributed by atoms with Crippen LogP contribution < -0.4 is 0 Å². The zero-order valence-electron chi connectivity index (χ0n) is 29.7. The minimum atomic E-state index is 0.763. The van der Waals surface area contributed by atoms with Crippen LogP contribution in [-0.2, 0) is 0 Å². The molecular formula is C39H80N2. The molecule has 1 aliphatic heterocycles. The van der Waals surface area contributed by atoms with Crippen molar-refractivity contribution in [3.8, 4) is 0 Å². The van der Waals surface area contributed by atoms with E-state index in [-0.39, 0.29) is 0 Å². The highest BCUT2D eigenvalue weighted by Crippen LogP contribution is 2.30. The molecule has 1 heterocycles. The third-order valence-corrected chi connectivity index (χ3v) is 10.5. The summed E-state index contributed by atoms with van der Waals surface area (Å²) in [6, 6.07) is 2.36. The van der Waals surface area contributed by atoms with E-state index < -0.39 is 0 Å². The lowest BCUT2D eigenvalue weighted by molar-refractivity contribution is -0.0150. The Morgan fingerprint density at radius 2 is 0.780 bits per heavy atom. The number of rotatable bonds is 29. The highest BCUT2D eigenvalue weighted by Gasteiger charge is 2.36. The van der Waals surface area contributed by atoms with E-state index in [0.29, 0.717) is 0 Å². The van der Waals surface area contributed by atoms with Crippen molar-refractivity contribution >= 4 is 0 Å². The van der Waals surface area contributed by atoms with Crippen molar-refractivity contribution in [3.05, 3.63) is 0 Å². The van der Waals surface area contributed by atoms with Gasteiger partial charge in [-0.3, -0.25) is 9.80 Å². The van der Waals surface area contributed by atoms with Gasteiger partial charge >= 0.3 is 0 Å². The lowest BCUT2D eigenvalue weighted by Gasteiger charge is -2.50. The second kappa shape index (κ2) is 27.5. The van der Waals surface area contributed by atoms with Crippen LogP contribution in [0.15, 0.2) is 0 Å². The van der Waals surface area contributed by atoms with Gasteiger partial charge in [0.05, 0.1) is 0 Å². The van der Waals surface area contributed by atoms with Crippen LogP contribution in [0.1, 0.15) is 208 Å². The fraction of sp³-hybridized carbons (Fsp3) is 1.00. The molecule has 2 nitrogen and oxygen atoms in total. The molecule has 0 spiro atoms. The smallest absolute Gasteiger partial charge is 0.0224 e. The van der Waals surface area contributed by atoms with Crippen LogP contribution >= 0.6 is 0 Å². The van der Waals surface area contributed by atoms with Crippen molar-refractivity contribution < 1.29 is 0 Å². The predicted molar refractivity (Wildman–Crippen MR) is 187 cm³/mol. The van der Waals surface area contributed by atoms with Crippen molar-refractivity contribution in [1.82, 2.24) is 9.80 Å². The van der Waals surface area contributed by atoms with Crippen molar-refractivity contribution in [2.24, 2.45) is 5.92 Å². The van der Waals surface area contributed by atoms with E-state index >= 15 is 0 Å². The molecule has 1 aliphatic rings. The molecule has 4 atom stereocenters. The summed E-state index contributed by atoms with van der Waals surface area (Å²) >= 11 is 0. The minimum Gasteiger partial charge on any atom is -0.297 e. The Hall–Kier alpha value is -0.0800. The molecule has 1 fully saturated rings. The number of hydrogen-bond acceptors (Lipinski definition) is 2. The number of unbranched alkanes of at least 4 members (excludes halogenated alkanes) is 16. The van der Waals surface area contributed by atoms with E-state index in [1.165, 1.54) is 187 Å². The first kappa shape index (κ1) is 38.9. The second-order valence-corrected chi connectivity index (χ2v) is 14.1. The Morgan fingerprint density at radius 1 is 0.439 bits per heavy atom. The van der Waals surface area contributed by atoms with E-state index in [9.17, 15) is 0 Å². The van der Waals surface area contributed by atoms with Gasteiger partial charge in [0.2, 0.25) is 0 Å². The first-order valence-electron chi connectivity index (χ1n) is 19.6. The SMILES string of the molecule is CCCCCCCCC(CCCCCCC)N1C[C@@H](CC)N(CC(CCCCCC)CCCCCCC)[C@@H](CC)C1. The average molecular weight is 577 g/mol. The maximum absolute atomic E-state index is 3.05. The van der Waals surface area contributed by atoms with E-state index in [4.69, 9.17) is 0 Å². The Labute approximate surface area is 261 Å². The molecule has 0 amide bonds. The first-order chi connectivity index (χ1) is 20.1. The summed E-state index contributed by atoms with van der Waals surface area (Å²) in [6.07, 6.45) is 37.1. The van der Waals surface area contributed by atoms with E-state index in [0.717, 1.165) is 24.0 Å². The van der Waals surface area contributed by atoms with Gasteiger partial charge < -0.3 is 0 Å². The van der Waals surface area contributed by atoms with Gasteiger partial charge in [-0.05, 0) is 44.4 Å². The molecule has 0 saturated carbocycles. The molecule has 0 radical (unpaired) electrons. The predicted octanol–water partition coefficient (Wildman–Crippen LogP) is 12.6. The Bertz CT molecular complexity index is 520. The summed E-state index contributed by atoms with van der Waals surface area (Å²) < 4.78 is 0. The van der Waals surface area contributed by atoms with E-state index in [1.807, 2.05) is 0 Å². The van der Waals surface area contributed by atoms with Gasteiger partial charge in [-0.2, -0.15) is 0 Å². The number of hydrogen-bond donors (Lipinski definition) is 0. The molecule has 1 rings (SSSR count). The van der Waals surface area contributed by atoms with Gasteiger partial charge in [-0.15, -0.1) is 0 Å². The lowest BCUT2D eigenvalue weighted by Crippen LogP contribution is -2.61. The summed E-state index contributed by atoms with van der Waals surface area (Å²) in [6.45, 7) is 18.4. The van der Waals surface area contributed by atoms with Crippen LogP contribution in [0.4, 0.5) is 0 Å². The van der Waals surface area contributed by atoms with Crippen molar-refractivity contribution in [3.63, 3.8) is 0 Å². The second-order valence-electron chi connectivity index (χ2n) is 14.1. The molecule has 2 heteroatoms. The standard InChI is InChI=1S/C39H80N2/c1-7-13-17-21-24-28-32-39(31-27-23-19-15-9-3)40-34-37(11-5)41(38(12-6)35-40)33-36(29-25-20-16-10-4)30-26-22-18-14-8-2/h36-39H,7-35H2,1-6H3/t36?,37-,38+,39?. The highest BCUT2D eigenvalue weighted by molar-refractivity contribution is 4.92. The van der Waals surface area contributed by atoms with Crippen LogP contribution in [-0.4, -0.2) is 47.6 Å². The molecule has 2 unspecified atom stereocenters. The quantitative estimate of drug-likeness (QED) is 0.0817. The Balaban J connectivity index is 2.83. The molecule has 246 valence electrons. The van der Waals surface area contributed by atoms with Crippen LogP contribution in [0, 0.1) is 5.92 Å². The van der Waals surface area contributed by atoms with E-state index in [1.54, 1.807) is 0 Å². The monoisotopic (exact) mass is 577 g/mol. The van der Waals surface area contributed by atoms with Crippen molar-refractivity contribution in [1.29, 1.82) is 0 Å². The molecule has 0 aromatic heterocycles. The third-order valence-electron chi connectivity index (χ3n) is 10.5. The van der Waals surface area contributed by atoms with Crippen LogP contribution in [0.2, 0.25) is 0 Å². The molecule has 0 bridgehead atoms. The molecular weight excluding hydrogens is 496 g/mol. The zero-order chi connectivity index (χ0) is 30.0. The number of nitrogens with zero attached hydrogens (tertiary/aromatic N) is 2. The topological polar surface area (TPSA) is 6.48 Å². The molecule has 0 N–H and O–H groups in total. The van der Waals surface area contributed by atoms with Crippen LogP contribution in [0.5, 0.6) is 0 Å². The summed E-state index contributed by atoms with van der Waals surface area (Å²) in [4.78, 5) is 6.07. The van der Waals surface area contributed by atoms with E-state index in [2.05, 4.69) is 51.3 Å². The average Bonchev–Trinajstić information content (AvgIpc) is 2.99.